The van der Waals surface area contributed by atoms with Crippen LogP contribution in [-0.4, -0.2) is 53.2 Å². The molecular weight excluding hydrogens is 294 g/mol. The highest BCUT2D eigenvalue weighted by atomic mass is 16.5. The zero-order chi connectivity index (χ0) is 16.7. The standard InChI is InChI=1S/C18H27NO4/c1-2-18(22)17-7-6-16(10-14(17)12-20)23-13-15(21)11-19-8-4-3-5-9-19/h6-7,10,15,20-21H,2-5,8-9,11-13H2,1H3. The van der Waals surface area contributed by atoms with Crippen LogP contribution in [0, 0.1) is 0 Å². The molecule has 1 unspecified atom stereocenters. The highest BCUT2D eigenvalue weighted by Crippen LogP contribution is 2.20. The van der Waals surface area contributed by atoms with Gasteiger partial charge in [0.15, 0.2) is 5.78 Å². The summed E-state index contributed by atoms with van der Waals surface area (Å²) in [7, 11) is 0. The van der Waals surface area contributed by atoms with Gasteiger partial charge in [0, 0.05) is 18.5 Å². The summed E-state index contributed by atoms with van der Waals surface area (Å²) in [5.74, 6) is 0.574. The van der Waals surface area contributed by atoms with Gasteiger partial charge in [-0.15, -0.1) is 0 Å². The highest BCUT2D eigenvalue weighted by molar-refractivity contribution is 5.97. The summed E-state index contributed by atoms with van der Waals surface area (Å²) >= 11 is 0. The van der Waals surface area contributed by atoms with Crippen molar-refractivity contribution in [3.63, 3.8) is 0 Å². The highest BCUT2D eigenvalue weighted by Gasteiger charge is 2.16. The lowest BCUT2D eigenvalue weighted by Crippen LogP contribution is -2.38. The number of nitrogens with zero attached hydrogens (tertiary/aromatic N) is 1. The number of aliphatic hydroxyl groups is 2. The van der Waals surface area contributed by atoms with Crippen molar-refractivity contribution in [3.8, 4) is 5.75 Å². The number of hydrogen-bond acceptors (Lipinski definition) is 5. The van der Waals surface area contributed by atoms with Gasteiger partial charge in [0.1, 0.15) is 18.5 Å². The third-order valence-corrected chi connectivity index (χ3v) is 4.23. The number of carbonyl (C=O) groups excluding carboxylic acids is 1. The Morgan fingerprint density at radius 3 is 2.70 bits per heavy atom. The maximum atomic E-state index is 11.8. The SMILES string of the molecule is CCC(=O)c1ccc(OCC(O)CN2CCCCC2)cc1CO. The largest absolute Gasteiger partial charge is 0.491 e. The van der Waals surface area contributed by atoms with Crippen LogP contribution in [0.1, 0.15) is 48.5 Å². The molecule has 1 fully saturated rings. The minimum Gasteiger partial charge on any atom is -0.491 e. The first-order chi connectivity index (χ1) is 11.1. The number of β-amino-alcohol motifs (C(OH)–C–C–N with tert-alkyl or cyclic N) is 1. The van der Waals surface area contributed by atoms with E-state index in [1.807, 2.05) is 0 Å². The minimum absolute atomic E-state index is 0.00531. The summed E-state index contributed by atoms with van der Waals surface area (Å²) in [5, 5.41) is 19.5. The summed E-state index contributed by atoms with van der Waals surface area (Å²) in [6, 6.07) is 5.08. The monoisotopic (exact) mass is 321 g/mol. The minimum atomic E-state index is -0.539. The second kappa shape index (κ2) is 9.01. The molecule has 5 heteroatoms. The Kier molecular flexibility index (Phi) is 7.02. The van der Waals surface area contributed by atoms with E-state index in [2.05, 4.69) is 4.90 Å². The van der Waals surface area contributed by atoms with Gasteiger partial charge >= 0.3 is 0 Å². The van der Waals surface area contributed by atoms with Crippen molar-refractivity contribution in [1.29, 1.82) is 0 Å². The van der Waals surface area contributed by atoms with Gasteiger partial charge in [-0.2, -0.15) is 0 Å². The molecule has 23 heavy (non-hydrogen) atoms. The lowest BCUT2D eigenvalue weighted by atomic mass is 10.0. The average molecular weight is 321 g/mol. The van der Waals surface area contributed by atoms with Gasteiger partial charge in [-0.1, -0.05) is 13.3 Å². The molecular formula is C18H27NO4. The molecule has 5 nitrogen and oxygen atoms in total. The third-order valence-electron chi connectivity index (χ3n) is 4.23. The Hall–Kier alpha value is -1.43. The summed E-state index contributed by atoms with van der Waals surface area (Å²) in [5.41, 5.74) is 1.11. The van der Waals surface area contributed by atoms with Crippen LogP contribution in [0.3, 0.4) is 0 Å². The maximum absolute atomic E-state index is 11.8. The molecule has 1 heterocycles. The van der Waals surface area contributed by atoms with E-state index in [-0.39, 0.29) is 19.0 Å². The first-order valence-electron chi connectivity index (χ1n) is 8.44. The molecule has 1 aromatic rings. The molecule has 1 aliphatic rings. The van der Waals surface area contributed by atoms with Gasteiger partial charge in [0.2, 0.25) is 0 Å². The van der Waals surface area contributed by atoms with Crippen LogP contribution in [0.2, 0.25) is 0 Å². The first-order valence-corrected chi connectivity index (χ1v) is 8.44. The molecule has 2 rings (SSSR count). The molecule has 0 aromatic heterocycles. The van der Waals surface area contributed by atoms with Crippen LogP contribution in [0.25, 0.3) is 0 Å². The molecule has 128 valence electrons. The number of benzene rings is 1. The van der Waals surface area contributed by atoms with Gasteiger partial charge in [0.25, 0.3) is 0 Å². The molecule has 1 aromatic carbocycles. The van der Waals surface area contributed by atoms with Crippen molar-refractivity contribution in [3.05, 3.63) is 29.3 Å². The second-order valence-corrected chi connectivity index (χ2v) is 6.08. The quantitative estimate of drug-likeness (QED) is 0.717. The van der Waals surface area contributed by atoms with Crippen LogP contribution in [0.5, 0.6) is 5.75 Å². The molecule has 0 amide bonds. The summed E-state index contributed by atoms with van der Waals surface area (Å²) in [6.07, 6.45) is 3.53. The van der Waals surface area contributed by atoms with Crippen LogP contribution < -0.4 is 4.74 Å². The number of Topliss-reactive ketones (excluding diaryl/α,β-unsaturated/α-hetero) is 1. The molecule has 0 saturated carbocycles. The van der Waals surface area contributed by atoms with Crippen molar-refractivity contribution < 1.29 is 19.7 Å². The molecule has 1 saturated heterocycles. The van der Waals surface area contributed by atoms with Crippen LogP contribution in [0.15, 0.2) is 18.2 Å². The second-order valence-electron chi connectivity index (χ2n) is 6.08. The van der Waals surface area contributed by atoms with E-state index in [1.165, 1.54) is 19.3 Å². The van der Waals surface area contributed by atoms with E-state index < -0.39 is 6.10 Å². The van der Waals surface area contributed by atoms with Gasteiger partial charge in [-0.3, -0.25) is 4.79 Å². The zero-order valence-corrected chi connectivity index (χ0v) is 13.8. The van der Waals surface area contributed by atoms with E-state index in [0.29, 0.717) is 29.8 Å². The molecule has 0 spiro atoms. The van der Waals surface area contributed by atoms with E-state index >= 15 is 0 Å². The number of ether oxygens (including phenoxy) is 1. The normalized spacial score (nSPS) is 17.0. The van der Waals surface area contributed by atoms with Gasteiger partial charge < -0.3 is 19.8 Å². The fraction of sp³-hybridized carbons (Fsp3) is 0.611. The molecule has 1 atom stereocenters. The zero-order valence-electron chi connectivity index (χ0n) is 13.8. The Morgan fingerprint density at radius 1 is 1.30 bits per heavy atom. The Balaban J connectivity index is 1.88. The average Bonchev–Trinajstić information content (AvgIpc) is 2.60. The van der Waals surface area contributed by atoms with Gasteiger partial charge in [-0.25, -0.2) is 0 Å². The lowest BCUT2D eigenvalue weighted by molar-refractivity contribution is 0.0616. The molecule has 0 radical (unpaired) electrons. The van der Waals surface area contributed by atoms with Crippen LogP contribution in [-0.2, 0) is 6.61 Å². The molecule has 2 N–H and O–H groups in total. The molecule has 0 aliphatic carbocycles. The van der Waals surface area contributed by atoms with E-state index in [4.69, 9.17) is 4.74 Å². The van der Waals surface area contributed by atoms with Crippen molar-refractivity contribution in [1.82, 2.24) is 4.90 Å². The topological polar surface area (TPSA) is 70.0 Å². The Bertz CT molecular complexity index is 512. The van der Waals surface area contributed by atoms with Crippen LogP contribution >= 0.6 is 0 Å². The number of aliphatic hydroxyl groups excluding tert-OH is 2. The van der Waals surface area contributed by atoms with Crippen molar-refractivity contribution in [2.24, 2.45) is 0 Å². The Labute approximate surface area is 137 Å². The van der Waals surface area contributed by atoms with E-state index in [9.17, 15) is 15.0 Å². The lowest BCUT2D eigenvalue weighted by Gasteiger charge is -2.28. The first kappa shape index (κ1) is 17.9. The molecule has 1 aliphatic heterocycles. The van der Waals surface area contributed by atoms with Crippen molar-refractivity contribution >= 4 is 5.78 Å². The third kappa shape index (κ3) is 5.30. The van der Waals surface area contributed by atoms with E-state index in [0.717, 1.165) is 13.1 Å². The molecule has 0 bridgehead atoms. The van der Waals surface area contributed by atoms with E-state index in [1.54, 1.807) is 25.1 Å². The number of ketones is 1. The number of hydrogen-bond donors (Lipinski definition) is 2. The van der Waals surface area contributed by atoms with Crippen LogP contribution in [0.4, 0.5) is 0 Å². The smallest absolute Gasteiger partial charge is 0.162 e. The fourth-order valence-corrected chi connectivity index (χ4v) is 2.94. The summed E-state index contributed by atoms with van der Waals surface area (Å²) < 4.78 is 5.62. The fourth-order valence-electron chi connectivity index (χ4n) is 2.94. The predicted molar refractivity (Wildman–Crippen MR) is 88.8 cm³/mol. The number of piperidine rings is 1. The number of likely N-dealkylation sites (tertiary alicyclic amines) is 1. The van der Waals surface area contributed by atoms with Gasteiger partial charge in [-0.05, 0) is 49.7 Å². The van der Waals surface area contributed by atoms with Gasteiger partial charge in [0.05, 0.1) is 6.61 Å². The number of rotatable bonds is 8. The number of carbonyl (C=O) groups is 1. The maximum Gasteiger partial charge on any atom is 0.162 e. The predicted octanol–water partition coefficient (Wildman–Crippen LogP) is 2.00. The summed E-state index contributed by atoms with van der Waals surface area (Å²) in [6.45, 7) is 4.51. The van der Waals surface area contributed by atoms with Crippen molar-refractivity contribution in [2.45, 2.75) is 45.3 Å². The Morgan fingerprint density at radius 2 is 2.04 bits per heavy atom. The summed E-state index contributed by atoms with van der Waals surface area (Å²) in [4.78, 5) is 14.1. The van der Waals surface area contributed by atoms with Crippen molar-refractivity contribution in [2.75, 3.05) is 26.2 Å².